The maximum Gasteiger partial charge on any atom is 0.266 e. The van der Waals surface area contributed by atoms with Gasteiger partial charge in [0, 0.05) is 6.54 Å². The quantitative estimate of drug-likeness (QED) is 0.326. The lowest BCUT2D eigenvalue weighted by Crippen LogP contribution is -2.28. The topological polar surface area (TPSA) is 82.5 Å². The Morgan fingerprint density at radius 1 is 0.971 bits per heavy atom. The molecule has 0 aliphatic carbocycles. The molecule has 0 saturated carbocycles. The van der Waals surface area contributed by atoms with Crippen LogP contribution in [-0.4, -0.2) is 41.0 Å². The Labute approximate surface area is 200 Å². The molecule has 1 N–H and O–H groups in total. The van der Waals surface area contributed by atoms with E-state index in [-0.39, 0.29) is 17.2 Å². The lowest BCUT2D eigenvalue weighted by atomic mass is 10.1. The average Bonchev–Trinajstić information content (AvgIpc) is 2.88. The number of rotatable bonds is 7. The zero-order valence-corrected chi connectivity index (χ0v) is 19.2. The molecule has 4 aromatic rings. The number of carbonyl (C=O) groups is 1. The van der Waals surface area contributed by atoms with Crippen LogP contribution in [0.2, 0.25) is 0 Å². The minimum Gasteiger partial charge on any atom is -0.486 e. The van der Waals surface area contributed by atoms with Crippen molar-refractivity contribution in [3.05, 3.63) is 88.7 Å². The van der Waals surface area contributed by atoms with Crippen molar-refractivity contribution >= 4 is 28.6 Å². The number of para-hydroxylation sites is 2. The summed E-state index contributed by atoms with van der Waals surface area (Å²) in [6.07, 6.45) is 0.677. The van der Waals surface area contributed by atoms with Gasteiger partial charge in [-0.15, -0.1) is 0 Å². The van der Waals surface area contributed by atoms with Crippen molar-refractivity contribution in [2.24, 2.45) is 0 Å². The zero-order chi connectivity index (χ0) is 23.3. The third-order valence-corrected chi connectivity index (χ3v) is 6.37. The Kier molecular flexibility index (Phi) is 6.49. The van der Waals surface area contributed by atoms with Crippen LogP contribution in [0.1, 0.15) is 5.56 Å². The summed E-state index contributed by atoms with van der Waals surface area (Å²) in [6.45, 7) is 1.60. The molecule has 5 rings (SSSR count). The summed E-state index contributed by atoms with van der Waals surface area (Å²) in [5.41, 5.74) is 2.23. The highest BCUT2D eigenvalue weighted by Gasteiger charge is 2.15. The van der Waals surface area contributed by atoms with Crippen molar-refractivity contribution in [2.75, 3.05) is 25.5 Å². The van der Waals surface area contributed by atoms with Crippen LogP contribution < -0.4 is 20.3 Å². The molecule has 1 aliphatic heterocycles. The van der Waals surface area contributed by atoms with Gasteiger partial charge < -0.3 is 14.8 Å². The van der Waals surface area contributed by atoms with Crippen molar-refractivity contribution in [3.8, 4) is 17.2 Å². The van der Waals surface area contributed by atoms with Crippen LogP contribution in [0.25, 0.3) is 16.6 Å². The maximum atomic E-state index is 13.2. The summed E-state index contributed by atoms with van der Waals surface area (Å²) in [4.78, 5) is 30.4. The standard InChI is InChI=1S/C26H23N3O4S/c30-24(27-13-12-18-10-11-22-23(16-18)33-15-14-32-22)17-34-26-28-21-9-5-4-8-20(21)25(31)29(26)19-6-2-1-3-7-19/h1-11,16H,12-15,17H2,(H,27,30). The fourth-order valence-corrected chi connectivity index (χ4v) is 4.63. The summed E-state index contributed by atoms with van der Waals surface area (Å²) >= 11 is 1.25. The van der Waals surface area contributed by atoms with Gasteiger partial charge in [0.2, 0.25) is 5.91 Å². The van der Waals surface area contributed by atoms with Crippen LogP contribution in [0.4, 0.5) is 0 Å². The van der Waals surface area contributed by atoms with E-state index in [0.717, 1.165) is 17.1 Å². The van der Waals surface area contributed by atoms with Crippen molar-refractivity contribution in [1.82, 2.24) is 14.9 Å². The molecule has 0 bridgehead atoms. The number of nitrogens with zero attached hydrogens (tertiary/aromatic N) is 2. The van der Waals surface area contributed by atoms with Gasteiger partial charge in [-0.1, -0.05) is 48.2 Å². The van der Waals surface area contributed by atoms with Crippen LogP contribution in [0.5, 0.6) is 11.5 Å². The fourth-order valence-electron chi connectivity index (χ4n) is 3.78. The molecule has 1 aliphatic rings. The van der Waals surface area contributed by atoms with E-state index >= 15 is 0 Å². The largest absolute Gasteiger partial charge is 0.486 e. The predicted molar refractivity (Wildman–Crippen MR) is 132 cm³/mol. The minimum absolute atomic E-state index is 0.121. The second-order valence-electron chi connectivity index (χ2n) is 7.75. The molecule has 8 heteroatoms. The summed E-state index contributed by atoms with van der Waals surface area (Å²) in [5, 5.41) is 3.97. The molecule has 0 unspecified atom stereocenters. The molecular weight excluding hydrogens is 450 g/mol. The molecule has 0 radical (unpaired) electrons. The Balaban J connectivity index is 1.26. The Morgan fingerprint density at radius 2 is 1.74 bits per heavy atom. The first-order valence-corrected chi connectivity index (χ1v) is 12.0. The van der Waals surface area contributed by atoms with Gasteiger partial charge in [0.15, 0.2) is 16.7 Å². The highest BCUT2D eigenvalue weighted by Crippen LogP contribution is 2.30. The van der Waals surface area contributed by atoms with Gasteiger partial charge in [-0.3, -0.25) is 14.2 Å². The molecule has 3 aromatic carbocycles. The number of thioether (sulfide) groups is 1. The van der Waals surface area contributed by atoms with Crippen molar-refractivity contribution < 1.29 is 14.3 Å². The molecule has 0 atom stereocenters. The van der Waals surface area contributed by atoms with Crippen LogP contribution in [0, 0.1) is 0 Å². The van der Waals surface area contributed by atoms with Crippen LogP contribution in [0.15, 0.2) is 82.7 Å². The lowest BCUT2D eigenvalue weighted by Gasteiger charge is -2.18. The van der Waals surface area contributed by atoms with E-state index in [1.165, 1.54) is 11.8 Å². The number of fused-ring (bicyclic) bond motifs is 2. The molecular formula is C26H23N3O4S. The summed E-state index contributed by atoms with van der Waals surface area (Å²) < 4.78 is 12.7. The smallest absolute Gasteiger partial charge is 0.266 e. The third-order valence-electron chi connectivity index (χ3n) is 5.43. The van der Waals surface area contributed by atoms with Crippen molar-refractivity contribution in [1.29, 1.82) is 0 Å². The Morgan fingerprint density at radius 3 is 2.59 bits per heavy atom. The molecule has 34 heavy (non-hydrogen) atoms. The molecule has 0 fully saturated rings. The molecule has 0 spiro atoms. The molecule has 7 nitrogen and oxygen atoms in total. The van der Waals surface area contributed by atoms with Gasteiger partial charge in [-0.25, -0.2) is 4.98 Å². The first kappa shape index (κ1) is 22.0. The summed E-state index contributed by atoms with van der Waals surface area (Å²) in [5.74, 6) is 1.53. The van der Waals surface area contributed by atoms with E-state index in [2.05, 4.69) is 10.3 Å². The van der Waals surface area contributed by atoms with Crippen LogP contribution >= 0.6 is 11.8 Å². The summed E-state index contributed by atoms with van der Waals surface area (Å²) in [7, 11) is 0. The number of aromatic nitrogens is 2. The first-order valence-electron chi connectivity index (χ1n) is 11.0. The SMILES string of the molecule is O=C(CSc1nc2ccccc2c(=O)n1-c1ccccc1)NCCc1ccc2c(c1)OCCO2. The molecule has 0 saturated heterocycles. The van der Waals surface area contributed by atoms with Crippen LogP contribution in [-0.2, 0) is 11.2 Å². The molecule has 1 amide bonds. The molecule has 1 aromatic heterocycles. The van der Waals surface area contributed by atoms with Gasteiger partial charge in [-0.05, 0) is 48.4 Å². The number of nitrogens with one attached hydrogen (secondary N) is 1. The van der Waals surface area contributed by atoms with E-state index in [4.69, 9.17) is 9.47 Å². The van der Waals surface area contributed by atoms with E-state index in [1.54, 1.807) is 10.6 Å². The number of hydrogen-bond donors (Lipinski definition) is 1. The van der Waals surface area contributed by atoms with Crippen LogP contribution in [0.3, 0.4) is 0 Å². The normalized spacial score (nSPS) is 12.5. The van der Waals surface area contributed by atoms with E-state index in [1.807, 2.05) is 66.7 Å². The third kappa shape index (κ3) is 4.77. The predicted octanol–water partition coefficient (Wildman–Crippen LogP) is 3.61. The summed E-state index contributed by atoms with van der Waals surface area (Å²) in [6, 6.07) is 22.4. The second kappa shape index (κ2) is 10.0. The first-order chi connectivity index (χ1) is 16.7. The number of ether oxygens (including phenoxy) is 2. The van der Waals surface area contributed by atoms with Gasteiger partial charge in [-0.2, -0.15) is 0 Å². The van der Waals surface area contributed by atoms with Gasteiger partial charge in [0.25, 0.3) is 5.56 Å². The molecule has 172 valence electrons. The zero-order valence-electron chi connectivity index (χ0n) is 18.4. The maximum absolute atomic E-state index is 13.2. The van der Waals surface area contributed by atoms with E-state index in [9.17, 15) is 9.59 Å². The van der Waals surface area contributed by atoms with Gasteiger partial charge in [0.05, 0.1) is 22.3 Å². The number of hydrogen-bond acceptors (Lipinski definition) is 6. The van der Waals surface area contributed by atoms with Gasteiger partial charge in [0.1, 0.15) is 13.2 Å². The average molecular weight is 474 g/mol. The fraction of sp³-hybridized carbons (Fsp3) is 0.192. The number of amides is 1. The number of benzene rings is 3. The highest BCUT2D eigenvalue weighted by molar-refractivity contribution is 7.99. The second-order valence-corrected chi connectivity index (χ2v) is 8.70. The minimum atomic E-state index is -0.154. The molecule has 2 heterocycles. The Hall–Kier alpha value is -3.78. The monoisotopic (exact) mass is 473 g/mol. The van der Waals surface area contributed by atoms with E-state index < -0.39 is 0 Å². The van der Waals surface area contributed by atoms with E-state index in [0.29, 0.717) is 47.9 Å². The van der Waals surface area contributed by atoms with Gasteiger partial charge >= 0.3 is 0 Å². The Bertz CT molecular complexity index is 1390. The van der Waals surface area contributed by atoms with Crippen molar-refractivity contribution in [3.63, 3.8) is 0 Å². The number of carbonyl (C=O) groups excluding carboxylic acids is 1. The highest BCUT2D eigenvalue weighted by atomic mass is 32.2. The lowest BCUT2D eigenvalue weighted by molar-refractivity contribution is -0.118. The van der Waals surface area contributed by atoms with Crippen molar-refractivity contribution in [2.45, 2.75) is 11.6 Å².